The van der Waals surface area contributed by atoms with Gasteiger partial charge in [0.15, 0.2) is 5.16 Å². The zero-order valence-electron chi connectivity index (χ0n) is 15.1. The van der Waals surface area contributed by atoms with Gasteiger partial charge in [0.2, 0.25) is 5.91 Å². The molecule has 0 fully saturated rings. The minimum absolute atomic E-state index is 0.162. The highest BCUT2D eigenvalue weighted by atomic mass is 32.2. The molecule has 0 radical (unpaired) electrons. The highest BCUT2D eigenvalue weighted by Crippen LogP contribution is 2.30. The van der Waals surface area contributed by atoms with Crippen LogP contribution in [0.1, 0.15) is 26.0 Å². The fraction of sp³-hybridized carbons (Fsp3) is 0.353. The molecular weight excluding hydrogens is 372 g/mol. The zero-order valence-corrected chi connectivity index (χ0v) is 16.0. The van der Waals surface area contributed by atoms with Gasteiger partial charge >= 0.3 is 0 Å². The monoisotopic (exact) mass is 392 g/mol. The first-order valence-corrected chi connectivity index (χ1v) is 9.12. The van der Waals surface area contributed by atoms with Gasteiger partial charge in [0.05, 0.1) is 23.0 Å². The van der Waals surface area contributed by atoms with Crippen LogP contribution in [0.15, 0.2) is 34.2 Å². The minimum Gasteiger partial charge on any atom is -0.495 e. The second kappa shape index (κ2) is 9.17. The summed E-state index contributed by atoms with van der Waals surface area (Å²) in [5.74, 6) is -0.0926. The Kier molecular flexibility index (Phi) is 6.94. The van der Waals surface area contributed by atoms with E-state index in [-0.39, 0.29) is 16.9 Å². The van der Waals surface area contributed by atoms with Gasteiger partial charge in [-0.3, -0.25) is 19.7 Å². The normalized spacial score (nSPS) is 11.7. The average molecular weight is 392 g/mol. The molecule has 10 heteroatoms. The van der Waals surface area contributed by atoms with Crippen molar-refractivity contribution in [1.29, 1.82) is 0 Å². The van der Waals surface area contributed by atoms with Crippen molar-refractivity contribution in [1.82, 2.24) is 9.97 Å². The lowest BCUT2D eigenvalue weighted by molar-refractivity contribution is -0.384. The molecule has 2 aromatic rings. The molecule has 9 nitrogen and oxygen atoms in total. The number of thioether (sulfide) groups is 1. The molecule has 0 aliphatic heterocycles. The van der Waals surface area contributed by atoms with Gasteiger partial charge in [-0.1, -0.05) is 25.1 Å². The minimum atomic E-state index is -0.603. The molecule has 1 atom stereocenters. The highest BCUT2D eigenvalue weighted by Gasteiger charge is 2.19. The summed E-state index contributed by atoms with van der Waals surface area (Å²) in [5.41, 5.74) is 0.427. The predicted molar refractivity (Wildman–Crippen MR) is 102 cm³/mol. The van der Waals surface area contributed by atoms with Crippen LogP contribution in [0.2, 0.25) is 0 Å². The third-order valence-electron chi connectivity index (χ3n) is 3.59. The van der Waals surface area contributed by atoms with E-state index in [0.29, 0.717) is 23.0 Å². The second-order valence-corrected chi connectivity index (χ2v) is 7.01. The Labute approximate surface area is 159 Å². The predicted octanol–water partition coefficient (Wildman–Crippen LogP) is 2.76. The quantitative estimate of drug-likeness (QED) is 0.306. The van der Waals surface area contributed by atoms with Crippen LogP contribution in [0, 0.1) is 10.1 Å². The van der Waals surface area contributed by atoms with Crippen LogP contribution in [0.25, 0.3) is 0 Å². The van der Waals surface area contributed by atoms with E-state index in [0.717, 1.165) is 18.2 Å². The third kappa shape index (κ3) is 5.55. The third-order valence-corrected chi connectivity index (χ3v) is 4.57. The van der Waals surface area contributed by atoms with Crippen LogP contribution in [0.5, 0.6) is 5.75 Å². The number of rotatable bonds is 8. The Morgan fingerprint density at radius 2 is 2.19 bits per heavy atom. The number of methoxy groups -OCH3 is 1. The van der Waals surface area contributed by atoms with Gasteiger partial charge < -0.3 is 15.0 Å². The first kappa shape index (κ1) is 20.4. The Hall–Kier alpha value is -2.88. The van der Waals surface area contributed by atoms with Crippen molar-refractivity contribution >= 4 is 29.0 Å². The Bertz CT molecular complexity index is 899. The van der Waals surface area contributed by atoms with Crippen molar-refractivity contribution in [3.63, 3.8) is 0 Å². The number of anilines is 1. The molecule has 0 bridgehead atoms. The lowest BCUT2D eigenvalue weighted by atomic mass is 10.2. The summed E-state index contributed by atoms with van der Waals surface area (Å²) in [5, 5.41) is 13.3. The number of nitro benzene ring substituents is 1. The Morgan fingerprint density at radius 3 is 2.81 bits per heavy atom. The molecule has 0 aliphatic carbocycles. The maximum absolute atomic E-state index is 12.5. The summed E-state index contributed by atoms with van der Waals surface area (Å²) < 4.78 is 5.13. The molecule has 0 saturated heterocycles. The van der Waals surface area contributed by atoms with Gasteiger partial charge in [-0.15, -0.1) is 0 Å². The number of amides is 1. The highest BCUT2D eigenvalue weighted by molar-refractivity contribution is 8.00. The standard InChI is InChI=1S/C17H20N4O5S/c1-4-5-11-8-15(22)20-17(18-11)27-10(2)16(23)19-13-9-12(21(24)25)6-7-14(13)26-3/h6-10H,4-5H2,1-3H3,(H,19,23)(H,18,20,22). The maximum Gasteiger partial charge on any atom is 0.271 e. The lowest BCUT2D eigenvalue weighted by Gasteiger charge is -2.14. The molecule has 27 heavy (non-hydrogen) atoms. The summed E-state index contributed by atoms with van der Waals surface area (Å²) in [6, 6.07) is 5.38. The summed E-state index contributed by atoms with van der Waals surface area (Å²) >= 11 is 1.10. The number of carbonyl (C=O) groups excluding carboxylic acids is 1. The number of aromatic nitrogens is 2. The van der Waals surface area contributed by atoms with E-state index in [9.17, 15) is 19.7 Å². The number of hydrogen-bond donors (Lipinski definition) is 2. The fourth-order valence-corrected chi connectivity index (χ4v) is 3.12. The number of nitrogens with one attached hydrogen (secondary N) is 2. The summed E-state index contributed by atoms with van der Waals surface area (Å²) in [6.45, 7) is 3.63. The van der Waals surface area contributed by atoms with Crippen molar-refractivity contribution in [2.24, 2.45) is 0 Å². The van der Waals surface area contributed by atoms with Crippen LogP contribution in [0.3, 0.4) is 0 Å². The van der Waals surface area contributed by atoms with Crippen LogP contribution in [0.4, 0.5) is 11.4 Å². The van der Waals surface area contributed by atoms with E-state index in [2.05, 4.69) is 15.3 Å². The Morgan fingerprint density at radius 1 is 1.44 bits per heavy atom. The molecule has 0 saturated carbocycles. The van der Waals surface area contributed by atoms with E-state index in [1.807, 2.05) is 6.92 Å². The van der Waals surface area contributed by atoms with Gasteiger partial charge in [-0.2, -0.15) is 0 Å². The number of hydrogen-bond acceptors (Lipinski definition) is 7. The number of H-pyrrole nitrogens is 1. The number of aromatic amines is 1. The van der Waals surface area contributed by atoms with Gasteiger partial charge in [0, 0.05) is 23.9 Å². The van der Waals surface area contributed by atoms with E-state index >= 15 is 0 Å². The van der Waals surface area contributed by atoms with Crippen molar-refractivity contribution in [3.05, 3.63) is 50.4 Å². The van der Waals surface area contributed by atoms with Crippen molar-refractivity contribution in [3.8, 4) is 5.75 Å². The average Bonchev–Trinajstić information content (AvgIpc) is 2.61. The number of ether oxygens (including phenoxy) is 1. The van der Waals surface area contributed by atoms with Crippen molar-refractivity contribution in [2.45, 2.75) is 37.1 Å². The van der Waals surface area contributed by atoms with Gasteiger partial charge in [0.25, 0.3) is 11.2 Å². The number of non-ortho nitro benzene ring substituents is 1. The molecule has 1 unspecified atom stereocenters. The van der Waals surface area contributed by atoms with Gasteiger partial charge in [-0.05, 0) is 19.4 Å². The summed E-state index contributed by atoms with van der Waals surface area (Å²) in [4.78, 5) is 41.5. The number of nitrogens with zero attached hydrogens (tertiary/aromatic N) is 2. The number of carbonyl (C=O) groups is 1. The molecule has 144 valence electrons. The SMILES string of the molecule is CCCc1cc(=O)[nH]c(SC(C)C(=O)Nc2cc([N+](=O)[O-])ccc2OC)n1. The van der Waals surface area contributed by atoms with Crippen LogP contribution < -0.4 is 15.6 Å². The number of nitro groups is 1. The summed E-state index contributed by atoms with van der Waals surface area (Å²) in [7, 11) is 1.41. The molecule has 1 aromatic carbocycles. The smallest absolute Gasteiger partial charge is 0.271 e. The molecule has 2 N–H and O–H groups in total. The molecule has 2 rings (SSSR count). The lowest BCUT2D eigenvalue weighted by Crippen LogP contribution is -2.23. The van der Waals surface area contributed by atoms with Crippen LogP contribution in [-0.2, 0) is 11.2 Å². The van der Waals surface area contributed by atoms with E-state index in [1.165, 1.54) is 31.4 Å². The first-order valence-electron chi connectivity index (χ1n) is 8.24. The molecular formula is C17H20N4O5S. The number of benzene rings is 1. The maximum atomic E-state index is 12.5. The van der Waals surface area contributed by atoms with Crippen molar-refractivity contribution < 1.29 is 14.5 Å². The first-order chi connectivity index (χ1) is 12.8. The largest absolute Gasteiger partial charge is 0.495 e. The number of aryl methyl sites for hydroxylation is 1. The molecule has 1 amide bonds. The van der Waals surface area contributed by atoms with Gasteiger partial charge in [-0.25, -0.2) is 4.98 Å². The van der Waals surface area contributed by atoms with E-state index in [4.69, 9.17) is 4.74 Å². The second-order valence-electron chi connectivity index (χ2n) is 5.68. The molecule has 1 heterocycles. The Balaban J connectivity index is 2.15. The molecule has 1 aromatic heterocycles. The van der Waals surface area contributed by atoms with E-state index in [1.54, 1.807) is 6.92 Å². The summed E-state index contributed by atoms with van der Waals surface area (Å²) in [6.07, 6.45) is 1.52. The zero-order chi connectivity index (χ0) is 20.0. The fourth-order valence-electron chi connectivity index (χ4n) is 2.29. The molecule has 0 aliphatic rings. The van der Waals surface area contributed by atoms with Crippen LogP contribution in [-0.4, -0.2) is 33.2 Å². The topological polar surface area (TPSA) is 127 Å². The molecule has 0 spiro atoms. The van der Waals surface area contributed by atoms with Gasteiger partial charge in [0.1, 0.15) is 5.75 Å². The van der Waals surface area contributed by atoms with E-state index < -0.39 is 16.1 Å². The van der Waals surface area contributed by atoms with Crippen molar-refractivity contribution in [2.75, 3.05) is 12.4 Å². The van der Waals surface area contributed by atoms with Crippen LogP contribution >= 0.6 is 11.8 Å².